The zero-order valence-electron chi connectivity index (χ0n) is 11.8. The fourth-order valence-electron chi connectivity index (χ4n) is 2.60. The Bertz CT molecular complexity index is 484. The summed E-state index contributed by atoms with van der Waals surface area (Å²) in [4.78, 5) is 14.1. The van der Waals surface area contributed by atoms with E-state index in [1.165, 1.54) is 12.1 Å². The molecule has 2 rings (SSSR count). The molecule has 1 aromatic carbocycles. The Morgan fingerprint density at radius 2 is 2.15 bits per heavy atom. The SMILES string of the molecule is CC1CCN(C(=O)/C=C/c2ccc(F)cc2)C(CN)C1. The van der Waals surface area contributed by atoms with E-state index in [-0.39, 0.29) is 17.8 Å². The number of benzene rings is 1. The number of carbonyl (C=O) groups is 1. The highest BCUT2D eigenvalue weighted by Gasteiger charge is 2.27. The molecule has 2 unspecified atom stereocenters. The van der Waals surface area contributed by atoms with Crippen molar-refractivity contribution >= 4 is 12.0 Å². The van der Waals surface area contributed by atoms with E-state index in [2.05, 4.69) is 6.92 Å². The summed E-state index contributed by atoms with van der Waals surface area (Å²) >= 11 is 0. The summed E-state index contributed by atoms with van der Waals surface area (Å²) < 4.78 is 12.8. The van der Waals surface area contributed by atoms with Gasteiger partial charge in [0.15, 0.2) is 0 Å². The number of nitrogens with two attached hydrogens (primary N) is 1. The zero-order chi connectivity index (χ0) is 14.5. The number of piperidine rings is 1. The van der Waals surface area contributed by atoms with Crippen LogP contribution in [0.15, 0.2) is 30.3 Å². The summed E-state index contributed by atoms with van der Waals surface area (Å²) in [6.07, 6.45) is 5.25. The van der Waals surface area contributed by atoms with Crippen LogP contribution in [0.4, 0.5) is 4.39 Å². The fraction of sp³-hybridized carbons (Fsp3) is 0.438. The quantitative estimate of drug-likeness (QED) is 0.862. The highest BCUT2D eigenvalue weighted by Crippen LogP contribution is 2.22. The van der Waals surface area contributed by atoms with Crippen LogP contribution in [0.5, 0.6) is 0 Å². The molecule has 0 bridgehead atoms. The van der Waals surface area contributed by atoms with Crippen molar-refractivity contribution in [3.63, 3.8) is 0 Å². The third kappa shape index (κ3) is 3.67. The van der Waals surface area contributed by atoms with E-state index in [9.17, 15) is 9.18 Å². The van der Waals surface area contributed by atoms with Gasteiger partial charge >= 0.3 is 0 Å². The summed E-state index contributed by atoms with van der Waals surface area (Å²) in [6, 6.07) is 6.20. The van der Waals surface area contributed by atoms with Crippen LogP contribution in [0.1, 0.15) is 25.3 Å². The molecular weight excluding hydrogens is 255 g/mol. The lowest BCUT2D eigenvalue weighted by Gasteiger charge is -2.37. The van der Waals surface area contributed by atoms with Crippen molar-refractivity contribution in [2.75, 3.05) is 13.1 Å². The Morgan fingerprint density at radius 3 is 2.80 bits per heavy atom. The minimum Gasteiger partial charge on any atom is -0.335 e. The maximum Gasteiger partial charge on any atom is 0.246 e. The Kier molecular flexibility index (Phi) is 4.90. The molecule has 1 aliphatic rings. The van der Waals surface area contributed by atoms with Crippen molar-refractivity contribution in [2.45, 2.75) is 25.8 Å². The van der Waals surface area contributed by atoms with Crippen molar-refractivity contribution in [1.82, 2.24) is 4.90 Å². The summed E-state index contributed by atoms with van der Waals surface area (Å²) in [7, 11) is 0. The molecule has 1 heterocycles. The smallest absolute Gasteiger partial charge is 0.246 e. The minimum absolute atomic E-state index is 0.0170. The van der Waals surface area contributed by atoms with Crippen LogP contribution < -0.4 is 5.73 Å². The third-order valence-corrected chi connectivity index (χ3v) is 3.82. The molecule has 2 atom stereocenters. The normalized spacial score (nSPS) is 23.2. The molecule has 108 valence electrons. The second-order valence-electron chi connectivity index (χ2n) is 5.44. The molecule has 1 fully saturated rings. The van der Waals surface area contributed by atoms with Gasteiger partial charge in [-0.25, -0.2) is 4.39 Å². The van der Waals surface area contributed by atoms with Gasteiger partial charge in [-0.2, -0.15) is 0 Å². The molecule has 20 heavy (non-hydrogen) atoms. The first-order valence-corrected chi connectivity index (χ1v) is 7.04. The Balaban J connectivity index is 2.01. The number of likely N-dealkylation sites (tertiary alicyclic amines) is 1. The van der Waals surface area contributed by atoms with Crippen LogP contribution in [-0.4, -0.2) is 29.9 Å². The van der Waals surface area contributed by atoms with Gasteiger partial charge in [0, 0.05) is 25.2 Å². The largest absolute Gasteiger partial charge is 0.335 e. The van der Waals surface area contributed by atoms with Crippen LogP contribution in [-0.2, 0) is 4.79 Å². The van der Waals surface area contributed by atoms with Crippen LogP contribution >= 0.6 is 0 Å². The number of nitrogens with zero attached hydrogens (tertiary/aromatic N) is 1. The number of halogens is 1. The van der Waals surface area contributed by atoms with Crippen LogP contribution in [0.2, 0.25) is 0 Å². The van der Waals surface area contributed by atoms with E-state index in [1.807, 2.05) is 4.90 Å². The molecule has 0 aliphatic carbocycles. The molecule has 0 radical (unpaired) electrons. The standard InChI is InChI=1S/C16H21FN2O/c1-12-8-9-19(15(10-12)11-18)16(20)7-4-13-2-5-14(17)6-3-13/h2-7,12,15H,8-11,18H2,1H3/b7-4+. The predicted octanol–water partition coefficient (Wildman–Crippen LogP) is 2.42. The van der Waals surface area contributed by atoms with Gasteiger partial charge in [0.1, 0.15) is 5.82 Å². The first-order chi connectivity index (χ1) is 9.60. The van der Waals surface area contributed by atoms with Crippen molar-refractivity contribution in [1.29, 1.82) is 0 Å². The van der Waals surface area contributed by atoms with E-state index < -0.39 is 0 Å². The van der Waals surface area contributed by atoms with Crippen molar-refractivity contribution in [2.24, 2.45) is 11.7 Å². The topological polar surface area (TPSA) is 46.3 Å². The zero-order valence-corrected chi connectivity index (χ0v) is 11.8. The second-order valence-corrected chi connectivity index (χ2v) is 5.44. The van der Waals surface area contributed by atoms with Crippen LogP contribution in [0, 0.1) is 11.7 Å². The summed E-state index contributed by atoms with van der Waals surface area (Å²) in [6.45, 7) is 3.45. The summed E-state index contributed by atoms with van der Waals surface area (Å²) in [5.74, 6) is 0.326. The van der Waals surface area contributed by atoms with Gasteiger partial charge in [-0.3, -0.25) is 4.79 Å². The monoisotopic (exact) mass is 276 g/mol. The minimum atomic E-state index is -0.276. The van der Waals surface area contributed by atoms with E-state index in [0.717, 1.165) is 24.9 Å². The molecule has 2 N–H and O–H groups in total. The lowest BCUT2D eigenvalue weighted by Crippen LogP contribution is -2.48. The predicted molar refractivity (Wildman–Crippen MR) is 78.4 cm³/mol. The Labute approximate surface area is 119 Å². The Morgan fingerprint density at radius 1 is 1.45 bits per heavy atom. The van der Waals surface area contributed by atoms with Gasteiger partial charge in [0.25, 0.3) is 0 Å². The van der Waals surface area contributed by atoms with Crippen LogP contribution in [0.25, 0.3) is 6.08 Å². The average molecular weight is 276 g/mol. The molecule has 0 aromatic heterocycles. The molecule has 3 nitrogen and oxygen atoms in total. The third-order valence-electron chi connectivity index (χ3n) is 3.82. The summed E-state index contributed by atoms with van der Waals surface area (Å²) in [5, 5.41) is 0. The molecule has 1 saturated heterocycles. The first-order valence-electron chi connectivity index (χ1n) is 7.04. The molecule has 1 amide bonds. The van der Waals surface area contributed by atoms with E-state index in [1.54, 1.807) is 24.3 Å². The number of rotatable bonds is 3. The molecule has 1 aromatic rings. The lowest BCUT2D eigenvalue weighted by atomic mass is 9.92. The highest BCUT2D eigenvalue weighted by atomic mass is 19.1. The number of carbonyl (C=O) groups excluding carboxylic acids is 1. The maximum atomic E-state index is 12.8. The van der Waals surface area contributed by atoms with Crippen molar-refractivity contribution < 1.29 is 9.18 Å². The van der Waals surface area contributed by atoms with Gasteiger partial charge < -0.3 is 10.6 Å². The number of hydrogen-bond acceptors (Lipinski definition) is 2. The number of hydrogen-bond donors (Lipinski definition) is 1. The fourth-order valence-corrected chi connectivity index (χ4v) is 2.60. The molecule has 4 heteroatoms. The van der Waals surface area contributed by atoms with E-state index >= 15 is 0 Å². The Hall–Kier alpha value is -1.68. The molecular formula is C16H21FN2O. The molecule has 0 spiro atoms. The summed E-state index contributed by atoms with van der Waals surface area (Å²) in [5.41, 5.74) is 6.57. The number of amides is 1. The molecule has 0 saturated carbocycles. The van der Waals surface area contributed by atoms with Gasteiger partial charge in [-0.05, 0) is 42.5 Å². The second kappa shape index (κ2) is 6.66. The molecule has 1 aliphatic heterocycles. The first kappa shape index (κ1) is 14.7. The van der Waals surface area contributed by atoms with Crippen molar-refractivity contribution in [3.8, 4) is 0 Å². The van der Waals surface area contributed by atoms with Gasteiger partial charge in [0.2, 0.25) is 5.91 Å². The van der Waals surface area contributed by atoms with Crippen LogP contribution in [0.3, 0.4) is 0 Å². The van der Waals surface area contributed by atoms with Gasteiger partial charge in [0.05, 0.1) is 0 Å². The average Bonchev–Trinajstić information content (AvgIpc) is 2.46. The van der Waals surface area contributed by atoms with Gasteiger partial charge in [-0.15, -0.1) is 0 Å². The maximum absolute atomic E-state index is 12.8. The van der Waals surface area contributed by atoms with E-state index in [4.69, 9.17) is 5.73 Å². The highest BCUT2D eigenvalue weighted by molar-refractivity contribution is 5.92. The van der Waals surface area contributed by atoms with Crippen molar-refractivity contribution in [3.05, 3.63) is 41.7 Å². The lowest BCUT2D eigenvalue weighted by molar-refractivity contribution is -0.129. The van der Waals surface area contributed by atoms with Gasteiger partial charge in [-0.1, -0.05) is 19.1 Å². The van der Waals surface area contributed by atoms with E-state index in [0.29, 0.717) is 12.5 Å².